The Morgan fingerprint density at radius 1 is 0.824 bits per heavy atom. The maximum absolute atomic E-state index is 12.3. The van der Waals surface area contributed by atoms with E-state index in [0.29, 0.717) is 6.42 Å². The third-order valence-corrected chi connectivity index (χ3v) is 6.42. The van der Waals surface area contributed by atoms with E-state index in [2.05, 4.69) is 30.5 Å². The van der Waals surface area contributed by atoms with Gasteiger partial charge in [-0.25, -0.2) is 0 Å². The molecule has 1 amide bonds. The Labute approximate surface area is 208 Å². The first-order valence-corrected chi connectivity index (χ1v) is 14.8. The molecule has 0 saturated heterocycles. The van der Waals surface area contributed by atoms with Crippen molar-refractivity contribution < 1.29 is 22.9 Å². The van der Waals surface area contributed by atoms with Crippen molar-refractivity contribution in [1.29, 1.82) is 0 Å². The summed E-state index contributed by atoms with van der Waals surface area (Å²) in [4.78, 5) is 12.3. The average molecular weight is 500 g/mol. The van der Waals surface area contributed by atoms with E-state index >= 15 is 0 Å². The van der Waals surface area contributed by atoms with Gasteiger partial charge in [0.25, 0.3) is 10.1 Å². The number of hydrogen-bond donors (Lipinski definition) is 3. The van der Waals surface area contributed by atoms with Gasteiger partial charge in [-0.15, -0.1) is 0 Å². The highest BCUT2D eigenvalue weighted by atomic mass is 32.2. The first kappa shape index (κ1) is 32.6. The minimum absolute atomic E-state index is 0.285. The molecular formula is C27H49NO5S. The maximum atomic E-state index is 12.3. The van der Waals surface area contributed by atoms with Crippen LogP contribution in [0.5, 0.6) is 0 Å². The van der Waals surface area contributed by atoms with Gasteiger partial charge in [0.2, 0.25) is 5.91 Å². The second kappa shape index (κ2) is 22.1. The van der Waals surface area contributed by atoms with Crippen molar-refractivity contribution in [2.45, 2.75) is 122 Å². The fourth-order valence-electron chi connectivity index (χ4n) is 3.66. The quantitative estimate of drug-likeness (QED) is 0.0924. The summed E-state index contributed by atoms with van der Waals surface area (Å²) in [6, 6.07) is -1.07. The number of nitrogens with one attached hydrogen (secondary N) is 1. The number of aliphatic hydroxyl groups is 1. The Bertz CT molecular complexity index is 685. The van der Waals surface area contributed by atoms with E-state index in [1.54, 1.807) is 6.08 Å². The normalized spacial score (nSPS) is 14.4. The van der Waals surface area contributed by atoms with Crippen molar-refractivity contribution in [1.82, 2.24) is 5.32 Å². The molecule has 0 fully saturated rings. The average Bonchev–Trinajstić information content (AvgIpc) is 2.77. The summed E-state index contributed by atoms with van der Waals surface area (Å²) in [5.41, 5.74) is 0. The van der Waals surface area contributed by atoms with Crippen molar-refractivity contribution in [3.63, 3.8) is 0 Å². The smallest absolute Gasteiger partial charge is 0.267 e. The zero-order valence-electron chi connectivity index (χ0n) is 21.5. The lowest BCUT2D eigenvalue weighted by Crippen LogP contribution is -2.46. The topological polar surface area (TPSA) is 104 Å². The van der Waals surface area contributed by atoms with Gasteiger partial charge >= 0.3 is 0 Å². The van der Waals surface area contributed by atoms with Gasteiger partial charge in [-0.1, -0.05) is 101 Å². The molecular weight excluding hydrogens is 450 g/mol. The van der Waals surface area contributed by atoms with Gasteiger partial charge in [-0.3, -0.25) is 9.35 Å². The zero-order valence-corrected chi connectivity index (χ0v) is 22.3. The van der Waals surface area contributed by atoms with Crippen molar-refractivity contribution in [3.8, 4) is 0 Å². The summed E-state index contributed by atoms with van der Waals surface area (Å²) in [6.45, 7) is 4.21. The van der Waals surface area contributed by atoms with E-state index in [1.807, 2.05) is 13.0 Å². The largest absolute Gasteiger partial charge is 0.387 e. The number of amides is 1. The van der Waals surface area contributed by atoms with E-state index in [-0.39, 0.29) is 12.3 Å². The second-order valence-electron chi connectivity index (χ2n) is 8.97. The van der Waals surface area contributed by atoms with Crippen LogP contribution in [0.25, 0.3) is 0 Å². The van der Waals surface area contributed by atoms with Crippen LogP contribution in [-0.2, 0) is 14.9 Å². The Morgan fingerprint density at radius 2 is 1.32 bits per heavy atom. The molecule has 2 unspecified atom stereocenters. The molecule has 0 aliphatic rings. The second-order valence-corrected chi connectivity index (χ2v) is 10.5. The highest BCUT2D eigenvalue weighted by molar-refractivity contribution is 7.85. The Hall–Kier alpha value is -1.44. The first-order chi connectivity index (χ1) is 16.3. The summed E-state index contributed by atoms with van der Waals surface area (Å²) in [7, 11) is -4.33. The number of carbonyl (C=O) groups is 1. The maximum Gasteiger partial charge on any atom is 0.267 e. The molecule has 2 atom stereocenters. The van der Waals surface area contributed by atoms with E-state index in [1.165, 1.54) is 51.0 Å². The molecule has 198 valence electrons. The monoisotopic (exact) mass is 499 g/mol. The molecule has 0 aliphatic heterocycles. The number of hydrogen-bond acceptors (Lipinski definition) is 4. The number of allylic oxidation sites excluding steroid dienone is 5. The van der Waals surface area contributed by atoms with E-state index in [9.17, 15) is 22.9 Å². The van der Waals surface area contributed by atoms with Crippen LogP contribution in [0.2, 0.25) is 0 Å². The van der Waals surface area contributed by atoms with Crippen molar-refractivity contribution in [3.05, 3.63) is 36.5 Å². The third kappa shape index (κ3) is 22.4. The predicted molar refractivity (Wildman–Crippen MR) is 142 cm³/mol. The third-order valence-electron chi connectivity index (χ3n) is 5.64. The Balaban J connectivity index is 4.26. The van der Waals surface area contributed by atoms with Gasteiger partial charge < -0.3 is 10.4 Å². The summed E-state index contributed by atoms with van der Waals surface area (Å²) in [6.07, 6.45) is 25.8. The minimum atomic E-state index is -4.33. The van der Waals surface area contributed by atoms with Crippen LogP contribution in [0.15, 0.2) is 36.5 Å². The molecule has 0 spiro atoms. The first-order valence-electron chi connectivity index (χ1n) is 13.2. The van der Waals surface area contributed by atoms with Crippen molar-refractivity contribution in [2.24, 2.45) is 0 Å². The van der Waals surface area contributed by atoms with Crippen LogP contribution in [-0.4, -0.2) is 41.9 Å². The Morgan fingerprint density at radius 3 is 1.85 bits per heavy atom. The number of unbranched alkanes of at least 4 members (excludes halogenated alkanes) is 11. The highest BCUT2D eigenvalue weighted by Crippen LogP contribution is 2.11. The van der Waals surface area contributed by atoms with Gasteiger partial charge in [-0.05, 0) is 39.0 Å². The molecule has 0 aromatic heterocycles. The van der Waals surface area contributed by atoms with Crippen LogP contribution in [0.3, 0.4) is 0 Å². The van der Waals surface area contributed by atoms with Gasteiger partial charge in [0.1, 0.15) is 0 Å². The molecule has 0 bridgehead atoms. The molecule has 0 radical (unpaired) electrons. The summed E-state index contributed by atoms with van der Waals surface area (Å²) >= 11 is 0. The zero-order chi connectivity index (χ0) is 25.5. The lowest BCUT2D eigenvalue weighted by atomic mass is 10.1. The van der Waals surface area contributed by atoms with Crippen molar-refractivity contribution >= 4 is 16.0 Å². The Kier molecular flexibility index (Phi) is 21.1. The molecule has 6 nitrogen and oxygen atoms in total. The van der Waals surface area contributed by atoms with Gasteiger partial charge in [0.05, 0.1) is 17.9 Å². The highest BCUT2D eigenvalue weighted by Gasteiger charge is 2.24. The fourth-order valence-corrected chi connectivity index (χ4v) is 4.40. The molecule has 0 saturated carbocycles. The molecule has 3 N–H and O–H groups in total. The minimum Gasteiger partial charge on any atom is -0.387 e. The summed E-state index contributed by atoms with van der Waals surface area (Å²) in [5, 5.41) is 12.9. The standard InChI is InChI=1S/C27H49NO5S/c1-3-5-7-9-11-13-15-17-19-21-23-27(30)28-25(24-34(31,32)33)26(29)22-20-18-16-14-12-10-8-6-4-2/h4,6,12,14,20,22,25-26,29H,3,5,7-11,13,15-19,21,23-24H2,1-2H3,(H,28,30)(H,31,32,33)/b6-4+,14-12+,22-20+. The SMILES string of the molecule is C/C=C/CC/C=C/CC/C=C/C(O)C(CS(=O)(=O)O)NC(=O)CCCCCCCCCCCC. The summed E-state index contributed by atoms with van der Waals surface area (Å²) < 4.78 is 31.9. The van der Waals surface area contributed by atoms with Gasteiger partial charge in [-0.2, -0.15) is 8.42 Å². The molecule has 0 aromatic rings. The van der Waals surface area contributed by atoms with Gasteiger partial charge in [0.15, 0.2) is 0 Å². The van der Waals surface area contributed by atoms with Crippen molar-refractivity contribution in [2.75, 3.05) is 5.75 Å². The van der Waals surface area contributed by atoms with E-state index in [4.69, 9.17) is 0 Å². The van der Waals surface area contributed by atoms with Crippen LogP contribution in [0.1, 0.15) is 110 Å². The van der Waals surface area contributed by atoms with Crippen LogP contribution >= 0.6 is 0 Å². The molecule has 7 heteroatoms. The summed E-state index contributed by atoms with van der Waals surface area (Å²) in [5.74, 6) is -1.02. The predicted octanol–water partition coefficient (Wildman–Crippen LogP) is 6.28. The van der Waals surface area contributed by atoms with Gasteiger partial charge in [0, 0.05) is 6.42 Å². The molecule has 0 aliphatic carbocycles. The van der Waals surface area contributed by atoms with E-state index in [0.717, 1.165) is 38.5 Å². The molecule has 0 aromatic carbocycles. The number of aliphatic hydroxyl groups excluding tert-OH is 1. The van der Waals surface area contributed by atoms with Crippen LogP contribution in [0, 0.1) is 0 Å². The number of carbonyl (C=O) groups excluding carboxylic acids is 1. The van der Waals surface area contributed by atoms with Crippen LogP contribution < -0.4 is 5.32 Å². The lowest BCUT2D eigenvalue weighted by molar-refractivity contribution is -0.122. The molecule has 0 heterocycles. The molecule has 34 heavy (non-hydrogen) atoms. The fraction of sp³-hybridized carbons (Fsp3) is 0.741. The molecule has 0 rings (SSSR count). The van der Waals surface area contributed by atoms with Crippen LogP contribution in [0.4, 0.5) is 0 Å². The van der Waals surface area contributed by atoms with E-state index < -0.39 is 28.0 Å². The number of rotatable bonds is 22. The lowest BCUT2D eigenvalue weighted by Gasteiger charge is -2.21.